The highest BCUT2D eigenvalue weighted by atomic mass is 79.9. The Bertz CT molecular complexity index is 379. The maximum absolute atomic E-state index is 3.48. The summed E-state index contributed by atoms with van der Waals surface area (Å²) in [5.41, 5.74) is 1.20. The first-order valence-corrected chi connectivity index (χ1v) is 7.94. The van der Waals surface area contributed by atoms with Crippen LogP contribution in [0.25, 0.3) is 0 Å². The zero-order chi connectivity index (χ0) is 13.7. The summed E-state index contributed by atoms with van der Waals surface area (Å²) in [4.78, 5) is 5.11. The highest BCUT2D eigenvalue weighted by Crippen LogP contribution is 2.14. The molecule has 0 aromatic heterocycles. The first-order valence-electron chi connectivity index (χ1n) is 7.15. The van der Waals surface area contributed by atoms with Crippen molar-refractivity contribution < 1.29 is 0 Å². The van der Waals surface area contributed by atoms with Gasteiger partial charge >= 0.3 is 0 Å². The second kappa shape index (κ2) is 7.27. The molecule has 1 aliphatic heterocycles. The monoisotopic (exact) mass is 325 g/mol. The molecule has 0 radical (unpaired) electrons. The summed E-state index contributed by atoms with van der Waals surface area (Å²) in [5.74, 6) is 0. The lowest BCUT2D eigenvalue weighted by atomic mass is 10.2. The Hall–Kier alpha value is -0.580. The van der Waals surface area contributed by atoms with Gasteiger partial charge in [-0.05, 0) is 37.7 Å². The maximum atomic E-state index is 3.48. The van der Waals surface area contributed by atoms with Crippen molar-refractivity contribution in [2.45, 2.75) is 19.9 Å². The van der Waals surface area contributed by atoms with Crippen molar-refractivity contribution in [1.29, 1.82) is 0 Å². The molecule has 4 heteroatoms. The van der Waals surface area contributed by atoms with Crippen LogP contribution in [-0.2, 0) is 0 Å². The molecule has 1 aromatic carbocycles. The predicted molar refractivity (Wildman–Crippen MR) is 85.8 cm³/mol. The number of nitrogens with zero attached hydrogens (tertiary/aromatic N) is 2. The molecule has 1 fully saturated rings. The van der Waals surface area contributed by atoms with Gasteiger partial charge in [0.1, 0.15) is 0 Å². The molecule has 1 saturated heterocycles. The minimum absolute atomic E-state index is 0.687. The Morgan fingerprint density at radius 3 is 2.63 bits per heavy atom. The second-order valence-corrected chi connectivity index (χ2v) is 6.13. The van der Waals surface area contributed by atoms with E-state index in [0.717, 1.165) is 17.6 Å². The third kappa shape index (κ3) is 4.48. The number of hydrogen-bond donors (Lipinski definition) is 1. The van der Waals surface area contributed by atoms with E-state index < -0.39 is 0 Å². The van der Waals surface area contributed by atoms with Crippen LogP contribution >= 0.6 is 15.9 Å². The lowest BCUT2D eigenvalue weighted by molar-refractivity contribution is 0.0910. The van der Waals surface area contributed by atoms with Crippen LogP contribution in [0.1, 0.15) is 13.8 Å². The van der Waals surface area contributed by atoms with Gasteiger partial charge in [-0.15, -0.1) is 0 Å². The van der Waals surface area contributed by atoms with Crippen LogP contribution in [0.3, 0.4) is 0 Å². The molecule has 0 amide bonds. The van der Waals surface area contributed by atoms with E-state index >= 15 is 0 Å². The van der Waals surface area contributed by atoms with Crippen LogP contribution in [0.4, 0.5) is 5.69 Å². The Labute approximate surface area is 125 Å². The van der Waals surface area contributed by atoms with Crippen molar-refractivity contribution in [2.24, 2.45) is 0 Å². The molecular formula is C15H24BrN3. The van der Waals surface area contributed by atoms with Crippen molar-refractivity contribution in [3.8, 4) is 0 Å². The van der Waals surface area contributed by atoms with Crippen LogP contribution in [0, 0.1) is 0 Å². The van der Waals surface area contributed by atoms with Gasteiger partial charge in [-0.1, -0.05) is 22.9 Å². The molecule has 0 bridgehead atoms. The summed E-state index contributed by atoms with van der Waals surface area (Å²) in [6.07, 6.45) is 0. The fraction of sp³-hybridized carbons (Fsp3) is 0.600. The smallest absolute Gasteiger partial charge is 0.0341 e. The van der Waals surface area contributed by atoms with Gasteiger partial charge in [-0.25, -0.2) is 0 Å². The van der Waals surface area contributed by atoms with Crippen LogP contribution in [0.15, 0.2) is 28.7 Å². The maximum Gasteiger partial charge on any atom is 0.0341 e. The van der Waals surface area contributed by atoms with E-state index in [0.29, 0.717) is 6.04 Å². The van der Waals surface area contributed by atoms with Gasteiger partial charge in [-0.2, -0.15) is 0 Å². The number of nitrogens with one attached hydrogen (secondary N) is 1. The predicted octanol–water partition coefficient (Wildman–Crippen LogP) is 2.89. The highest BCUT2D eigenvalue weighted by molar-refractivity contribution is 9.10. The molecule has 1 N–H and O–H groups in total. The number of halogens is 1. The third-order valence-electron chi connectivity index (χ3n) is 3.86. The minimum Gasteiger partial charge on any atom is -0.384 e. The fourth-order valence-corrected chi connectivity index (χ4v) is 2.93. The van der Waals surface area contributed by atoms with Crippen molar-refractivity contribution in [3.63, 3.8) is 0 Å². The van der Waals surface area contributed by atoms with Crippen LogP contribution in [0.2, 0.25) is 0 Å². The Balaban J connectivity index is 1.70. The van der Waals surface area contributed by atoms with E-state index in [-0.39, 0.29) is 0 Å². The average molecular weight is 326 g/mol. The first kappa shape index (κ1) is 14.8. The number of hydrogen-bond acceptors (Lipinski definition) is 3. The molecule has 106 valence electrons. The lowest BCUT2D eigenvalue weighted by Crippen LogP contribution is -2.52. The summed E-state index contributed by atoms with van der Waals surface area (Å²) < 4.78 is 1.13. The van der Waals surface area contributed by atoms with E-state index in [9.17, 15) is 0 Å². The van der Waals surface area contributed by atoms with E-state index in [1.807, 2.05) is 0 Å². The summed E-state index contributed by atoms with van der Waals surface area (Å²) in [7, 11) is 0. The zero-order valence-electron chi connectivity index (χ0n) is 11.9. The largest absolute Gasteiger partial charge is 0.384 e. The highest BCUT2D eigenvalue weighted by Gasteiger charge is 2.21. The van der Waals surface area contributed by atoms with Crippen molar-refractivity contribution in [3.05, 3.63) is 28.7 Å². The SMILES string of the molecule is CCN1CCN(CCNc2ccc(Br)cc2)CC1C. The Morgan fingerprint density at radius 1 is 1.26 bits per heavy atom. The number of benzene rings is 1. The van der Waals surface area contributed by atoms with Gasteiger partial charge in [0.15, 0.2) is 0 Å². The summed E-state index contributed by atoms with van der Waals surface area (Å²) in [6, 6.07) is 9.06. The molecule has 1 aromatic rings. The summed E-state index contributed by atoms with van der Waals surface area (Å²) >= 11 is 3.45. The van der Waals surface area contributed by atoms with Crippen LogP contribution < -0.4 is 5.32 Å². The normalized spacial score (nSPS) is 21.5. The molecule has 1 aliphatic rings. The third-order valence-corrected chi connectivity index (χ3v) is 4.39. The van der Waals surface area contributed by atoms with Gasteiger partial charge in [0.05, 0.1) is 0 Å². The van der Waals surface area contributed by atoms with Gasteiger partial charge in [0.2, 0.25) is 0 Å². The molecule has 19 heavy (non-hydrogen) atoms. The molecule has 0 aliphatic carbocycles. The Kier molecular flexibility index (Phi) is 5.67. The molecule has 2 rings (SSSR count). The molecule has 1 atom stereocenters. The Morgan fingerprint density at radius 2 is 2.00 bits per heavy atom. The van der Waals surface area contributed by atoms with Crippen LogP contribution in [0.5, 0.6) is 0 Å². The average Bonchev–Trinajstić information content (AvgIpc) is 2.41. The summed E-state index contributed by atoms with van der Waals surface area (Å²) in [6.45, 7) is 11.5. The number of piperazine rings is 1. The zero-order valence-corrected chi connectivity index (χ0v) is 13.5. The topological polar surface area (TPSA) is 18.5 Å². The second-order valence-electron chi connectivity index (χ2n) is 5.21. The molecular weight excluding hydrogens is 302 g/mol. The first-order chi connectivity index (χ1) is 9.19. The van der Waals surface area contributed by atoms with E-state index in [1.54, 1.807) is 0 Å². The van der Waals surface area contributed by atoms with Crippen molar-refractivity contribution >= 4 is 21.6 Å². The van der Waals surface area contributed by atoms with Gasteiger partial charge in [-0.3, -0.25) is 9.80 Å². The van der Waals surface area contributed by atoms with E-state index in [2.05, 4.69) is 69.2 Å². The molecule has 1 unspecified atom stereocenters. The number of anilines is 1. The standard InChI is InChI=1S/C15H24BrN3/c1-3-19-11-10-18(12-13(19)2)9-8-17-15-6-4-14(16)5-7-15/h4-7,13,17H,3,8-12H2,1-2H3. The van der Waals surface area contributed by atoms with E-state index in [1.165, 1.54) is 31.9 Å². The van der Waals surface area contributed by atoms with Gasteiger partial charge in [0, 0.05) is 48.9 Å². The number of rotatable bonds is 5. The molecule has 0 spiro atoms. The molecule has 1 heterocycles. The van der Waals surface area contributed by atoms with Gasteiger partial charge < -0.3 is 5.32 Å². The molecule has 0 saturated carbocycles. The summed E-state index contributed by atoms with van der Waals surface area (Å²) in [5, 5.41) is 3.48. The van der Waals surface area contributed by atoms with Crippen LogP contribution in [-0.4, -0.2) is 55.1 Å². The molecule has 3 nitrogen and oxygen atoms in total. The fourth-order valence-electron chi connectivity index (χ4n) is 2.67. The van der Waals surface area contributed by atoms with Gasteiger partial charge in [0.25, 0.3) is 0 Å². The minimum atomic E-state index is 0.687. The lowest BCUT2D eigenvalue weighted by Gasteiger charge is -2.39. The van der Waals surface area contributed by atoms with E-state index in [4.69, 9.17) is 0 Å². The number of likely N-dealkylation sites (N-methyl/N-ethyl adjacent to an activating group) is 1. The quantitative estimate of drug-likeness (QED) is 0.898. The van der Waals surface area contributed by atoms with Crippen molar-refractivity contribution in [2.75, 3.05) is 44.6 Å². The van der Waals surface area contributed by atoms with Crippen molar-refractivity contribution in [1.82, 2.24) is 9.80 Å².